The van der Waals surface area contributed by atoms with E-state index in [1.165, 1.54) is 11.0 Å². The summed E-state index contributed by atoms with van der Waals surface area (Å²) in [4.78, 5) is 23.3. The van der Waals surface area contributed by atoms with Crippen LogP contribution in [0.25, 0.3) is 0 Å². The molecule has 8 nitrogen and oxygen atoms in total. The predicted octanol–water partition coefficient (Wildman–Crippen LogP) is -0.276. The number of rotatable bonds is 6. The first-order valence-electron chi connectivity index (χ1n) is 5.98. The smallest absolute Gasteiger partial charge is 0.337 e. The largest absolute Gasteiger partial charge is 0.478 e. The molecule has 0 bridgehead atoms. The van der Waals surface area contributed by atoms with E-state index in [-0.39, 0.29) is 30.1 Å². The van der Waals surface area contributed by atoms with Crippen LogP contribution in [0, 0.1) is 0 Å². The van der Waals surface area contributed by atoms with Crippen molar-refractivity contribution in [2.24, 2.45) is 0 Å². The van der Waals surface area contributed by atoms with Crippen LogP contribution in [0.4, 0.5) is 5.69 Å². The number of hydrogen-bond acceptors (Lipinski definition) is 5. The third-order valence-electron chi connectivity index (χ3n) is 2.66. The number of carboxylic acid groups (broad SMARTS) is 1. The molecule has 0 saturated carbocycles. The van der Waals surface area contributed by atoms with Crippen LogP contribution in [-0.4, -0.2) is 50.9 Å². The Labute approximate surface area is 122 Å². The number of nitrogens with zero attached hydrogens (tertiary/aromatic N) is 1. The number of carbonyl (C=O) groups is 2. The monoisotopic (exact) mass is 315 g/mol. The van der Waals surface area contributed by atoms with Crippen LogP contribution in [0.5, 0.6) is 0 Å². The topological polar surface area (TPSA) is 130 Å². The normalized spacial score (nSPS) is 11.1. The fraction of sp³-hybridized carbons (Fsp3) is 0.333. The lowest BCUT2D eigenvalue weighted by Crippen LogP contribution is -2.31. The fourth-order valence-corrected chi connectivity index (χ4v) is 2.79. The van der Waals surface area contributed by atoms with Gasteiger partial charge in [-0.3, -0.25) is 4.79 Å². The Bertz CT molecular complexity index is 655. The maximum Gasteiger partial charge on any atom is 0.337 e. The lowest BCUT2D eigenvalue weighted by atomic mass is 10.2. The predicted molar refractivity (Wildman–Crippen MR) is 76.3 cm³/mol. The van der Waals surface area contributed by atoms with E-state index in [0.29, 0.717) is 0 Å². The van der Waals surface area contributed by atoms with Crippen molar-refractivity contribution in [2.45, 2.75) is 11.3 Å². The Kier molecular flexibility index (Phi) is 5.28. The molecule has 0 aromatic heterocycles. The van der Waals surface area contributed by atoms with Gasteiger partial charge >= 0.3 is 5.97 Å². The number of nitrogen functional groups attached to an aromatic ring is 1. The van der Waals surface area contributed by atoms with Crippen LogP contribution < -0.4 is 10.5 Å². The van der Waals surface area contributed by atoms with E-state index in [4.69, 9.17) is 10.8 Å². The van der Waals surface area contributed by atoms with Gasteiger partial charge in [-0.25, -0.2) is 17.9 Å². The molecule has 0 heterocycles. The first kappa shape index (κ1) is 16.9. The lowest BCUT2D eigenvalue weighted by molar-refractivity contribution is -0.128. The molecule has 0 radical (unpaired) electrons. The van der Waals surface area contributed by atoms with Crippen molar-refractivity contribution in [1.29, 1.82) is 0 Å². The first-order chi connectivity index (χ1) is 9.65. The Hall–Kier alpha value is -2.13. The highest BCUT2D eigenvalue weighted by molar-refractivity contribution is 7.89. The van der Waals surface area contributed by atoms with Crippen LogP contribution in [0.1, 0.15) is 16.8 Å². The van der Waals surface area contributed by atoms with E-state index in [1.807, 2.05) is 0 Å². The maximum atomic E-state index is 12.1. The van der Waals surface area contributed by atoms with Gasteiger partial charge in [0.25, 0.3) is 0 Å². The molecule has 0 saturated heterocycles. The summed E-state index contributed by atoms with van der Waals surface area (Å²) in [6.07, 6.45) is -0.0308. The molecule has 116 valence electrons. The molecule has 0 unspecified atom stereocenters. The van der Waals surface area contributed by atoms with Crippen molar-refractivity contribution in [1.82, 2.24) is 9.62 Å². The van der Waals surface area contributed by atoms with E-state index in [0.717, 1.165) is 12.1 Å². The number of sulfonamides is 1. The highest BCUT2D eigenvalue weighted by Crippen LogP contribution is 2.19. The van der Waals surface area contributed by atoms with E-state index in [1.54, 1.807) is 14.1 Å². The summed E-state index contributed by atoms with van der Waals surface area (Å²) in [6, 6.07) is 3.49. The van der Waals surface area contributed by atoms with E-state index >= 15 is 0 Å². The highest BCUT2D eigenvalue weighted by Gasteiger charge is 2.22. The Morgan fingerprint density at radius 1 is 1.33 bits per heavy atom. The molecule has 0 atom stereocenters. The molecule has 21 heavy (non-hydrogen) atoms. The summed E-state index contributed by atoms with van der Waals surface area (Å²) in [5.41, 5.74) is 5.25. The quantitative estimate of drug-likeness (QED) is 0.619. The summed E-state index contributed by atoms with van der Waals surface area (Å²) in [5, 5.41) is 9.01. The van der Waals surface area contributed by atoms with Gasteiger partial charge in [0, 0.05) is 32.7 Å². The third-order valence-corrected chi connectivity index (χ3v) is 4.16. The second-order valence-electron chi connectivity index (χ2n) is 4.50. The number of benzene rings is 1. The zero-order valence-electron chi connectivity index (χ0n) is 11.7. The minimum Gasteiger partial charge on any atom is -0.478 e. The minimum absolute atomic E-state index is 0.0308. The Morgan fingerprint density at radius 3 is 2.48 bits per heavy atom. The minimum atomic E-state index is -4.06. The molecule has 0 aliphatic rings. The molecular formula is C12H17N3O5S. The van der Waals surface area contributed by atoms with Gasteiger partial charge in [-0.05, 0) is 18.2 Å². The zero-order valence-corrected chi connectivity index (χ0v) is 12.5. The van der Waals surface area contributed by atoms with Gasteiger partial charge in [-0.1, -0.05) is 0 Å². The van der Waals surface area contributed by atoms with E-state index in [9.17, 15) is 18.0 Å². The van der Waals surface area contributed by atoms with Crippen LogP contribution in [0.15, 0.2) is 23.1 Å². The maximum absolute atomic E-state index is 12.1. The summed E-state index contributed by atoms with van der Waals surface area (Å²) >= 11 is 0. The van der Waals surface area contributed by atoms with Crippen molar-refractivity contribution < 1.29 is 23.1 Å². The molecule has 0 aliphatic carbocycles. The zero-order chi connectivity index (χ0) is 16.2. The van der Waals surface area contributed by atoms with Gasteiger partial charge in [0.05, 0.1) is 10.5 Å². The van der Waals surface area contributed by atoms with Crippen molar-refractivity contribution in [3.05, 3.63) is 23.8 Å². The molecule has 1 rings (SSSR count). The molecule has 4 N–H and O–H groups in total. The molecular weight excluding hydrogens is 298 g/mol. The molecule has 0 aliphatic heterocycles. The van der Waals surface area contributed by atoms with Crippen LogP contribution >= 0.6 is 0 Å². The number of carbonyl (C=O) groups excluding carboxylic acids is 1. The first-order valence-corrected chi connectivity index (χ1v) is 7.46. The second-order valence-corrected chi connectivity index (χ2v) is 6.23. The van der Waals surface area contributed by atoms with Crippen molar-refractivity contribution >= 4 is 27.6 Å². The van der Waals surface area contributed by atoms with Crippen molar-refractivity contribution in [3.8, 4) is 0 Å². The number of amides is 1. The van der Waals surface area contributed by atoms with Gasteiger partial charge in [-0.2, -0.15) is 0 Å². The molecule has 1 aromatic rings. The molecule has 1 amide bonds. The number of nitrogens with one attached hydrogen (secondary N) is 1. The van der Waals surface area contributed by atoms with Gasteiger partial charge < -0.3 is 15.7 Å². The summed E-state index contributed by atoms with van der Waals surface area (Å²) in [6.45, 7) is -0.132. The number of nitrogens with two attached hydrogens (primary N) is 1. The molecule has 1 aromatic carbocycles. The van der Waals surface area contributed by atoms with Gasteiger partial charge in [0.15, 0.2) is 0 Å². The molecule has 0 spiro atoms. The van der Waals surface area contributed by atoms with Crippen LogP contribution in [0.3, 0.4) is 0 Å². The highest BCUT2D eigenvalue weighted by atomic mass is 32.2. The van der Waals surface area contributed by atoms with E-state index < -0.39 is 20.9 Å². The molecule has 0 fully saturated rings. The molecule has 9 heteroatoms. The average molecular weight is 315 g/mol. The number of hydrogen-bond donors (Lipinski definition) is 3. The van der Waals surface area contributed by atoms with Gasteiger partial charge in [-0.15, -0.1) is 0 Å². The SMILES string of the molecule is CN(C)C(=O)CCNS(=O)(=O)c1cc(N)ccc1C(=O)O. The second kappa shape index (κ2) is 6.55. The standard InChI is InChI=1S/C12H17N3O5S/c1-15(2)11(16)5-6-14-21(19,20)10-7-8(13)3-4-9(10)12(17)18/h3-4,7,14H,5-6,13H2,1-2H3,(H,17,18). The summed E-state index contributed by atoms with van der Waals surface area (Å²) in [7, 11) is -0.956. The summed E-state index contributed by atoms with van der Waals surface area (Å²) in [5.74, 6) is -1.62. The van der Waals surface area contributed by atoms with E-state index in [2.05, 4.69) is 4.72 Å². The fourth-order valence-electron chi connectivity index (χ4n) is 1.53. The van der Waals surface area contributed by atoms with Crippen LogP contribution in [0.2, 0.25) is 0 Å². The Balaban J connectivity index is 2.95. The van der Waals surface area contributed by atoms with Gasteiger partial charge in [0.1, 0.15) is 0 Å². The number of carboxylic acids is 1. The lowest BCUT2D eigenvalue weighted by Gasteiger charge is -2.12. The van der Waals surface area contributed by atoms with Gasteiger partial charge in [0.2, 0.25) is 15.9 Å². The number of aromatic carboxylic acids is 1. The van der Waals surface area contributed by atoms with Crippen LogP contribution in [-0.2, 0) is 14.8 Å². The summed E-state index contributed by atoms with van der Waals surface area (Å²) < 4.78 is 26.4. The Morgan fingerprint density at radius 2 is 1.95 bits per heavy atom. The third kappa shape index (κ3) is 4.43. The number of anilines is 1. The van der Waals surface area contributed by atoms with Crippen molar-refractivity contribution in [3.63, 3.8) is 0 Å². The van der Waals surface area contributed by atoms with Crippen molar-refractivity contribution in [2.75, 3.05) is 26.4 Å². The average Bonchev–Trinajstić information content (AvgIpc) is 2.37.